The predicted octanol–water partition coefficient (Wildman–Crippen LogP) is 2.83. The fourth-order valence-corrected chi connectivity index (χ4v) is 3.14. The summed E-state index contributed by atoms with van der Waals surface area (Å²) in [6.07, 6.45) is 8.32. The highest BCUT2D eigenvalue weighted by atomic mass is 16.5. The average Bonchev–Trinajstić information content (AvgIpc) is 3.35. The summed E-state index contributed by atoms with van der Waals surface area (Å²) in [5.41, 5.74) is 0.314. The van der Waals surface area contributed by atoms with Crippen LogP contribution in [0.4, 0.5) is 0 Å². The summed E-state index contributed by atoms with van der Waals surface area (Å²) in [6, 6.07) is 7.19. The minimum absolute atomic E-state index is 0.103. The Bertz CT molecular complexity index is 792. The minimum Gasteiger partial charge on any atom is -0.461 e. The molecule has 1 atom stereocenters. The van der Waals surface area contributed by atoms with E-state index >= 15 is 0 Å². The lowest BCUT2D eigenvalue weighted by Gasteiger charge is -2.35. The molecular formula is C17H18N4O3. The van der Waals surface area contributed by atoms with Gasteiger partial charge in [0.1, 0.15) is 0 Å². The van der Waals surface area contributed by atoms with Crippen LogP contribution in [0.2, 0.25) is 0 Å². The number of likely N-dealkylation sites (tertiary alicyclic amines) is 1. The molecule has 7 heteroatoms. The summed E-state index contributed by atoms with van der Waals surface area (Å²) in [5.74, 6) is 0.922. The van der Waals surface area contributed by atoms with Crippen molar-refractivity contribution in [3.8, 4) is 11.5 Å². The number of furan rings is 1. The summed E-state index contributed by atoms with van der Waals surface area (Å²) >= 11 is 0. The van der Waals surface area contributed by atoms with Crippen molar-refractivity contribution in [2.24, 2.45) is 0 Å². The Labute approximate surface area is 138 Å². The first-order valence-corrected chi connectivity index (χ1v) is 8.10. The summed E-state index contributed by atoms with van der Waals surface area (Å²) in [6.45, 7) is 1.43. The number of hydrogen-bond donors (Lipinski definition) is 0. The van der Waals surface area contributed by atoms with Crippen molar-refractivity contribution >= 4 is 5.91 Å². The van der Waals surface area contributed by atoms with Gasteiger partial charge in [-0.2, -0.15) is 5.10 Å². The summed E-state index contributed by atoms with van der Waals surface area (Å²) in [5, 5.41) is 8.18. The van der Waals surface area contributed by atoms with Crippen LogP contribution in [0.3, 0.4) is 0 Å². The molecule has 3 aromatic heterocycles. The van der Waals surface area contributed by atoms with E-state index < -0.39 is 0 Å². The number of hydrogen-bond acceptors (Lipinski definition) is 5. The third-order valence-electron chi connectivity index (χ3n) is 4.34. The molecule has 1 fully saturated rings. The van der Waals surface area contributed by atoms with E-state index in [1.807, 2.05) is 21.8 Å². The van der Waals surface area contributed by atoms with Crippen LogP contribution < -0.4 is 0 Å². The van der Waals surface area contributed by atoms with Crippen LogP contribution in [-0.2, 0) is 6.54 Å². The second kappa shape index (κ2) is 6.35. The SMILES string of the molecule is O=C(c1cc(-c2ccco2)on1)N1CCCC[C@@H]1Cn1cccn1. The zero-order chi connectivity index (χ0) is 16.4. The van der Waals surface area contributed by atoms with Gasteiger partial charge in [0.25, 0.3) is 5.91 Å². The molecule has 4 heterocycles. The quantitative estimate of drug-likeness (QED) is 0.737. The molecule has 1 amide bonds. The lowest BCUT2D eigenvalue weighted by atomic mass is 10.0. The molecule has 1 aliphatic heterocycles. The van der Waals surface area contributed by atoms with Gasteiger partial charge in [-0.15, -0.1) is 0 Å². The monoisotopic (exact) mass is 326 g/mol. The zero-order valence-electron chi connectivity index (χ0n) is 13.2. The molecule has 0 radical (unpaired) electrons. The predicted molar refractivity (Wildman–Crippen MR) is 85.1 cm³/mol. The lowest BCUT2D eigenvalue weighted by molar-refractivity contribution is 0.0573. The maximum atomic E-state index is 12.9. The number of carbonyl (C=O) groups excluding carboxylic acids is 1. The van der Waals surface area contributed by atoms with Crippen LogP contribution in [0, 0.1) is 0 Å². The average molecular weight is 326 g/mol. The molecule has 1 saturated heterocycles. The topological polar surface area (TPSA) is 77.3 Å². The highest BCUT2D eigenvalue weighted by Gasteiger charge is 2.30. The maximum Gasteiger partial charge on any atom is 0.276 e. The lowest BCUT2D eigenvalue weighted by Crippen LogP contribution is -2.46. The van der Waals surface area contributed by atoms with Gasteiger partial charge >= 0.3 is 0 Å². The van der Waals surface area contributed by atoms with Gasteiger partial charge in [0.2, 0.25) is 5.76 Å². The number of amides is 1. The molecule has 0 aliphatic carbocycles. The van der Waals surface area contributed by atoms with E-state index in [4.69, 9.17) is 8.94 Å². The van der Waals surface area contributed by atoms with Crippen molar-refractivity contribution in [1.82, 2.24) is 19.8 Å². The molecule has 124 valence electrons. The second-order valence-corrected chi connectivity index (χ2v) is 5.93. The number of carbonyl (C=O) groups is 1. The first-order chi connectivity index (χ1) is 11.8. The second-order valence-electron chi connectivity index (χ2n) is 5.93. The van der Waals surface area contributed by atoms with E-state index in [0.717, 1.165) is 25.8 Å². The Kier molecular flexibility index (Phi) is 3.90. The number of piperidine rings is 1. The van der Waals surface area contributed by atoms with Crippen LogP contribution >= 0.6 is 0 Å². The molecule has 7 nitrogen and oxygen atoms in total. The van der Waals surface area contributed by atoms with Gasteiger partial charge < -0.3 is 13.8 Å². The van der Waals surface area contributed by atoms with E-state index in [2.05, 4.69) is 10.3 Å². The van der Waals surface area contributed by atoms with Gasteiger partial charge in [-0.3, -0.25) is 9.48 Å². The molecule has 0 spiro atoms. The highest BCUT2D eigenvalue weighted by Crippen LogP contribution is 2.24. The van der Waals surface area contributed by atoms with E-state index in [1.165, 1.54) is 0 Å². The highest BCUT2D eigenvalue weighted by molar-refractivity contribution is 5.93. The summed E-state index contributed by atoms with van der Waals surface area (Å²) in [4.78, 5) is 14.7. The molecule has 0 saturated carbocycles. The van der Waals surface area contributed by atoms with Crippen molar-refractivity contribution in [2.45, 2.75) is 31.8 Å². The molecular weight excluding hydrogens is 308 g/mol. The maximum absolute atomic E-state index is 12.9. The van der Waals surface area contributed by atoms with Crippen LogP contribution in [0.25, 0.3) is 11.5 Å². The molecule has 0 bridgehead atoms. The van der Waals surface area contributed by atoms with Gasteiger partial charge in [-0.05, 0) is 37.5 Å². The molecule has 0 N–H and O–H groups in total. The van der Waals surface area contributed by atoms with Crippen molar-refractivity contribution in [3.05, 3.63) is 48.6 Å². The number of rotatable bonds is 4. The molecule has 3 aromatic rings. The fourth-order valence-electron chi connectivity index (χ4n) is 3.14. The van der Waals surface area contributed by atoms with Gasteiger partial charge in [0, 0.05) is 25.0 Å². The summed E-state index contributed by atoms with van der Waals surface area (Å²) < 4.78 is 12.4. The van der Waals surface area contributed by atoms with Crippen molar-refractivity contribution in [3.63, 3.8) is 0 Å². The summed E-state index contributed by atoms with van der Waals surface area (Å²) in [7, 11) is 0. The molecule has 0 aromatic carbocycles. The largest absolute Gasteiger partial charge is 0.461 e. The third-order valence-corrected chi connectivity index (χ3v) is 4.34. The number of nitrogens with zero attached hydrogens (tertiary/aromatic N) is 4. The molecule has 0 unspecified atom stereocenters. The van der Waals surface area contributed by atoms with Crippen molar-refractivity contribution in [2.75, 3.05) is 6.54 Å². The van der Waals surface area contributed by atoms with E-state index in [-0.39, 0.29) is 11.9 Å². The van der Waals surface area contributed by atoms with Crippen molar-refractivity contribution in [1.29, 1.82) is 0 Å². The zero-order valence-corrected chi connectivity index (χ0v) is 13.2. The Hall–Kier alpha value is -2.83. The number of aromatic nitrogens is 3. The molecule has 24 heavy (non-hydrogen) atoms. The smallest absolute Gasteiger partial charge is 0.276 e. The Morgan fingerprint density at radius 3 is 3.04 bits per heavy atom. The Morgan fingerprint density at radius 1 is 1.29 bits per heavy atom. The standard InChI is InChI=1S/C17H18N4O3/c22-17(14-11-16(24-19-14)15-6-3-10-23-15)21-9-2-1-5-13(21)12-20-8-4-7-18-20/h3-4,6-8,10-11,13H,1-2,5,9,12H2/t13-/m1/s1. The first-order valence-electron chi connectivity index (χ1n) is 8.10. The van der Waals surface area contributed by atoms with Gasteiger partial charge in [0.05, 0.1) is 18.8 Å². The van der Waals surface area contributed by atoms with E-state index in [1.54, 1.807) is 30.7 Å². The Balaban J connectivity index is 1.53. The molecule has 4 rings (SSSR count). The molecule has 1 aliphatic rings. The van der Waals surface area contributed by atoms with Gasteiger partial charge in [0.15, 0.2) is 11.5 Å². The van der Waals surface area contributed by atoms with Gasteiger partial charge in [-0.1, -0.05) is 5.16 Å². The van der Waals surface area contributed by atoms with Crippen LogP contribution in [0.5, 0.6) is 0 Å². The third kappa shape index (κ3) is 2.84. The first kappa shape index (κ1) is 14.7. The van der Waals surface area contributed by atoms with Crippen LogP contribution in [-0.4, -0.2) is 38.3 Å². The fraction of sp³-hybridized carbons (Fsp3) is 0.353. The van der Waals surface area contributed by atoms with Crippen molar-refractivity contribution < 1.29 is 13.7 Å². The Morgan fingerprint density at radius 2 is 2.25 bits per heavy atom. The normalized spacial score (nSPS) is 18.0. The van der Waals surface area contributed by atoms with Crippen LogP contribution in [0.1, 0.15) is 29.8 Å². The van der Waals surface area contributed by atoms with E-state index in [9.17, 15) is 4.79 Å². The van der Waals surface area contributed by atoms with Crippen LogP contribution in [0.15, 0.2) is 51.9 Å². The van der Waals surface area contributed by atoms with Gasteiger partial charge in [-0.25, -0.2) is 0 Å². The minimum atomic E-state index is -0.103. The van der Waals surface area contributed by atoms with E-state index in [0.29, 0.717) is 23.8 Å².